The Labute approximate surface area is 238 Å². The smallest absolute Gasteiger partial charge is 0.184 e. The first-order chi connectivity index (χ1) is 18.5. The Hall–Kier alpha value is -2.83. The third-order valence-corrected chi connectivity index (χ3v) is 9.51. The number of carbonyl (C=O) groups excluding carboxylic acids is 3. The number of allylic oxidation sites excluding steroid dienone is 5. The molecule has 1 saturated carbocycles. The van der Waals surface area contributed by atoms with Gasteiger partial charge in [-0.1, -0.05) is 60.6 Å². The lowest BCUT2D eigenvalue weighted by Crippen LogP contribution is -2.68. The molecule has 40 heavy (non-hydrogen) atoms. The van der Waals surface area contributed by atoms with Crippen LogP contribution in [0.1, 0.15) is 91.4 Å². The van der Waals surface area contributed by atoms with E-state index in [2.05, 4.69) is 12.2 Å². The molecule has 6 nitrogen and oxygen atoms in total. The fourth-order valence-corrected chi connectivity index (χ4v) is 7.29. The van der Waals surface area contributed by atoms with Gasteiger partial charge in [-0.15, -0.1) is 0 Å². The lowest BCUT2D eigenvalue weighted by Gasteiger charge is -2.60. The molecule has 1 heterocycles. The average molecular weight is 549 g/mol. The van der Waals surface area contributed by atoms with E-state index in [0.717, 1.165) is 11.1 Å². The summed E-state index contributed by atoms with van der Waals surface area (Å²) in [6.45, 7) is 14.7. The van der Waals surface area contributed by atoms with Crippen molar-refractivity contribution in [3.05, 3.63) is 70.5 Å². The molecule has 1 fully saturated rings. The molecule has 0 spiro atoms. The number of hydrogen-bond donors (Lipinski definition) is 2. The maximum atomic E-state index is 15.0. The van der Waals surface area contributed by atoms with Crippen LogP contribution in [0, 0.1) is 22.2 Å². The van der Waals surface area contributed by atoms with Crippen molar-refractivity contribution in [1.82, 2.24) is 0 Å². The van der Waals surface area contributed by atoms with Crippen molar-refractivity contribution in [3.63, 3.8) is 0 Å². The number of rotatable bonds is 8. The summed E-state index contributed by atoms with van der Waals surface area (Å²) in [6.07, 6.45) is 3.54. The summed E-state index contributed by atoms with van der Waals surface area (Å²) in [7, 11) is 0. The Bertz CT molecular complexity index is 1300. The number of ketones is 3. The van der Waals surface area contributed by atoms with Crippen LogP contribution in [0.4, 0.5) is 0 Å². The van der Waals surface area contributed by atoms with E-state index in [1.165, 1.54) is 13.8 Å². The molecule has 216 valence electrons. The number of ether oxygens (including phenoxy) is 1. The Balaban J connectivity index is 2.11. The number of fused-ring (bicyclic) bond motifs is 3. The van der Waals surface area contributed by atoms with Crippen LogP contribution in [0.2, 0.25) is 0 Å². The maximum absolute atomic E-state index is 15.0. The van der Waals surface area contributed by atoms with Gasteiger partial charge in [0.05, 0.1) is 16.6 Å². The van der Waals surface area contributed by atoms with Crippen molar-refractivity contribution in [2.45, 2.75) is 98.9 Å². The first kappa shape index (κ1) is 30.1. The summed E-state index contributed by atoms with van der Waals surface area (Å²) >= 11 is 0. The minimum absolute atomic E-state index is 0.0346. The second-order valence-corrected chi connectivity index (χ2v) is 13.5. The van der Waals surface area contributed by atoms with E-state index in [0.29, 0.717) is 24.8 Å². The molecule has 0 unspecified atom stereocenters. The van der Waals surface area contributed by atoms with Gasteiger partial charge in [0.15, 0.2) is 28.9 Å². The molecule has 1 aromatic rings. The molecule has 6 atom stereocenters. The van der Waals surface area contributed by atoms with Crippen LogP contribution in [0.25, 0.3) is 0 Å². The van der Waals surface area contributed by atoms with Gasteiger partial charge in [-0.25, -0.2) is 0 Å². The standard InChI is InChI=1S/C34H44O6/c1-20(2)13-12-18-33(8)23(17-16-21(3)4)19-32(7)27(37)24-25(35)29(31(5,6)39)40-28(24)34(33,30(32)38)26(36)22-14-10-9-11-15-22/h9-11,13-16,23,25,29,35,39H,12,17-19H2,1-8H3/t23-,25+,29-,32+,33+,34-/m0/s1. The largest absolute Gasteiger partial charge is 0.487 e. The van der Waals surface area contributed by atoms with Gasteiger partial charge in [0.2, 0.25) is 0 Å². The van der Waals surface area contributed by atoms with E-state index < -0.39 is 51.4 Å². The molecule has 1 aromatic carbocycles. The third kappa shape index (κ3) is 4.35. The molecule has 1 aliphatic heterocycles. The number of Topliss-reactive ketones (excluding diaryl/α,β-unsaturated/α-hetero) is 3. The van der Waals surface area contributed by atoms with Crippen LogP contribution in [0.5, 0.6) is 0 Å². The number of benzene rings is 1. The fourth-order valence-electron chi connectivity index (χ4n) is 7.29. The summed E-state index contributed by atoms with van der Waals surface area (Å²) in [5.41, 5.74) is -3.29. The van der Waals surface area contributed by atoms with Gasteiger partial charge >= 0.3 is 0 Å². The van der Waals surface area contributed by atoms with Gasteiger partial charge in [-0.2, -0.15) is 0 Å². The Morgan fingerprint density at radius 1 is 1.05 bits per heavy atom. The highest BCUT2D eigenvalue weighted by Gasteiger charge is 2.77. The van der Waals surface area contributed by atoms with Crippen LogP contribution in [0.15, 0.2) is 65.0 Å². The van der Waals surface area contributed by atoms with E-state index in [-0.39, 0.29) is 23.7 Å². The van der Waals surface area contributed by atoms with Crippen molar-refractivity contribution >= 4 is 17.3 Å². The van der Waals surface area contributed by atoms with E-state index in [1.807, 2.05) is 40.7 Å². The highest BCUT2D eigenvalue weighted by molar-refractivity contribution is 6.30. The zero-order valence-electron chi connectivity index (χ0n) is 25.1. The van der Waals surface area contributed by atoms with Crippen molar-refractivity contribution < 1.29 is 29.3 Å². The maximum Gasteiger partial charge on any atom is 0.184 e. The molecule has 0 aromatic heterocycles. The predicted molar refractivity (Wildman–Crippen MR) is 154 cm³/mol. The number of carbonyl (C=O) groups is 3. The topological polar surface area (TPSA) is 101 Å². The van der Waals surface area contributed by atoms with Gasteiger partial charge in [0.1, 0.15) is 11.9 Å². The van der Waals surface area contributed by atoms with Gasteiger partial charge < -0.3 is 14.9 Å². The summed E-state index contributed by atoms with van der Waals surface area (Å²) in [4.78, 5) is 44.1. The lowest BCUT2D eigenvalue weighted by atomic mass is 9.39. The van der Waals surface area contributed by atoms with Crippen LogP contribution < -0.4 is 0 Å². The molecule has 6 heteroatoms. The molecule has 3 aliphatic rings. The summed E-state index contributed by atoms with van der Waals surface area (Å²) < 4.78 is 6.34. The van der Waals surface area contributed by atoms with Crippen molar-refractivity contribution in [1.29, 1.82) is 0 Å². The summed E-state index contributed by atoms with van der Waals surface area (Å²) in [6, 6.07) is 8.69. The molecule has 2 bridgehead atoms. The van der Waals surface area contributed by atoms with Crippen molar-refractivity contribution in [2.24, 2.45) is 22.2 Å². The first-order valence-electron chi connectivity index (χ1n) is 14.3. The van der Waals surface area contributed by atoms with Crippen molar-refractivity contribution in [3.8, 4) is 0 Å². The molecule has 0 amide bonds. The quantitative estimate of drug-likeness (QED) is 0.237. The average Bonchev–Trinajstić information content (AvgIpc) is 3.22. The fraction of sp³-hybridized carbons (Fsp3) is 0.559. The summed E-state index contributed by atoms with van der Waals surface area (Å²) in [5.74, 6) is -1.65. The van der Waals surface area contributed by atoms with E-state index in [4.69, 9.17) is 4.74 Å². The van der Waals surface area contributed by atoms with Crippen LogP contribution >= 0.6 is 0 Å². The van der Waals surface area contributed by atoms with E-state index >= 15 is 0 Å². The Morgan fingerprint density at radius 3 is 2.20 bits per heavy atom. The minimum atomic E-state index is -1.85. The molecule has 0 saturated heterocycles. The number of hydrogen-bond acceptors (Lipinski definition) is 6. The van der Waals surface area contributed by atoms with Gasteiger partial charge in [-0.05, 0) is 85.5 Å². The van der Waals surface area contributed by atoms with Crippen molar-refractivity contribution in [2.75, 3.05) is 0 Å². The summed E-state index contributed by atoms with van der Waals surface area (Å²) in [5, 5.41) is 22.4. The zero-order valence-corrected chi connectivity index (χ0v) is 25.1. The highest BCUT2D eigenvalue weighted by atomic mass is 16.5. The van der Waals surface area contributed by atoms with Crippen LogP contribution in [0.3, 0.4) is 0 Å². The Kier molecular flexibility index (Phi) is 7.70. The normalized spacial score (nSPS) is 33.3. The van der Waals surface area contributed by atoms with Crippen LogP contribution in [-0.2, 0) is 14.3 Å². The van der Waals surface area contributed by atoms with Gasteiger partial charge in [0.25, 0.3) is 0 Å². The molecular formula is C34H44O6. The van der Waals surface area contributed by atoms with E-state index in [9.17, 15) is 24.6 Å². The van der Waals surface area contributed by atoms with E-state index in [1.54, 1.807) is 31.2 Å². The molecular weight excluding hydrogens is 504 g/mol. The minimum Gasteiger partial charge on any atom is -0.487 e. The molecule has 0 radical (unpaired) electrons. The highest BCUT2D eigenvalue weighted by Crippen LogP contribution is 2.69. The zero-order chi connectivity index (χ0) is 29.8. The van der Waals surface area contributed by atoms with Gasteiger partial charge in [-0.3, -0.25) is 14.4 Å². The monoisotopic (exact) mass is 548 g/mol. The molecule has 2 N–H and O–H groups in total. The second-order valence-electron chi connectivity index (χ2n) is 13.5. The first-order valence-corrected chi connectivity index (χ1v) is 14.3. The number of aliphatic hydroxyl groups excluding tert-OH is 1. The third-order valence-electron chi connectivity index (χ3n) is 9.51. The molecule has 2 aliphatic carbocycles. The SMILES string of the molecule is CC(C)=CCC[C@]1(C)[C@@H](CC=C(C)C)C[C@]2(C)C(=O)C3=C(O[C@H](C(C)(C)O)[C@@H]3O)[C@@]1(C(=O)c1ccccc1)C2=O. The Morgan fingerprint density at radius 2 is 1.65 bits per heavy atom. The van der Waals surface area contributed by atoms with Gasteiger partial charge in [0, 0.05) is 5.56 Å². The lowest BCUT2D eigenvalue weighted by molar-refractivity contribution is -0.167. The number of aliphatic hydroxyl groups is 2. The predicted octanol–water partition coefficient (Wildman–Crippen LogP) is 5.93. The second kappa shape index (κ2) is 10.2. The van der Waals surface area contributed by atoms with Crippen LogP contribution in [-0.4, -0.2) is 45.4 Å². The molecule has 4 rings (SSSR count).